The summed E-state index contributed by atoms with van der Waals surface area (Å²) in [5.41, 5.74) is 25.6. The van der Waals surface area contributed by atoms with Crippen LogP contribution in [0.25, 0.3) is 22.5 Å². The van der Waals surface area contributed by atoms with E-state index in [2.05, 4.69) is 104 Å². The molecule has 0 amide bonds. The molecule has 0 bridgehead atoms. The summed E-state index contributed by atoms with van der Waals surface area (Å²) in [7, 11) is 16.4. The Labute approximate surface area is 779 Å². The molecule has 0 aliphatic heterocycles. The van der Waals surface area contributed by atoms with E-state index in [0.717, 1.165) is 66.9 Å². The van der Waals surface area contributed by atoms with Crippen LogP contribution < -0.4 is 51.5 Å². The summed E-state index contributed by atoms with van der Waals surface area (Å²) >= 11 is 0.906. The Morgan fingerprint density at radius 2 is 0.954 bits per heavy atom. The van der Waals surface area contributed by atoms with Crippen LogP contribution in [0.3, 0.4) is 0 Å². The van der Waals surface area contributed by atoms with Gasteiger partial charge >= 0.3 is 120 Å². The molecule has 0 aliphatic rings. The number of methoxy groups -OCH3 is 5. The average molecular weight is 1990 g/mol. The second-order valence-corrected chi connectivity index (χ2v) is 41.8. The van der Waals surface area contributed by atoms with Gasteiger partial charge in [0.25, 0.3) is 16.5 Å². The van der Waals surface area contributed by atoms with Crippen LogP contribution in [-0.2, 0) is 14.2 Å². The third-order valence-electron chi connectivity index (χ3n) is 17.6. The number of rotatable bonds is 35. The van der Waals surface area contributed by atoms with Crippen molar-refractivity contribution in [3.63, 3.8) is 0 Å². The van der Waals surface area contributed by atoms with Gasteiger partial charge in [0.15, 0.2) is 17.5 Å². The number of hydrogen-bond acceptors (Lipinski definition) is 32. The number of ketones is 2. The van der Waals surface area contributed by atoms with Crippen LogP contribution in [0.15, 0.2) is 197 Å². The number of Topliss-reactive ketones (excluding diaryl/α,β-unsaturated/α-hetero) is 1. The standard InChI is InChI=1S/C17H15N5O3.C17H17N5O.C11H14N2O2.C8H10N4O2.C8H9NO2.C7H17NO2.C6H6BrNO.C4H6O.3C4H9.CH4O.HNO3.Sn/c1-11-3-4-13(22(23)24)8-16(11)21-17-19-6-5-15(20-17)12-7-14(25-2)10-18-9-12;1-11-3-4-13(18)8-16(11)22-17-20-6-5-15(21-17)12-7-14(23-2)10-19-9-12;1-13(2)5-4-11(14)9-6-10(15-3)8-12-7-9;1-5-2-3-6(12(13)14)4-7(5)11-8(9)10;1-6(10)7-3-8(11-2)5-9-4-7;1-5-9-7(8(3)4)10-6-2;1-9-6-2-5(7)3-8-4-6;1-3-5-4-2;3*1-3-4-2;1-2;2-1(3)4;/h3-10H,1-2H3,(H,19,20,21);3-10H,18H2,1-2H3,(H,20,21,22);4-8H,1-3H3;2-4H,1H3,(H4,9,10,11);3-5H,1-2H3;7H,5-6H2,1-4H3;2-4H,1H3;1H,4H2,2H3;3*1,3-4H2,2H3;2H,1H3;(H,2,3,4);/q;;;;;;;+1;;;;;;. The Balaban J connectivity index is 0.000000758. The molecule has 0 unspecified atom stereocenters. The van der Waals surface area contributed by atoms with Crippen molar-refractivity contribution in [1.82, 2.24) is 54.7 Å². The molecule has 0 aliphatic carbocycles. The molecule has 38 nitrogen and oxygen atoms in total. The Kier molecular flexibility index (Phi) is 58.4. The number of nitro benzene ring substituents is 2. The topological polar surface area (TPSA) is 515 Å². The van der Waals surface area contributed by atoms with Gasteiger partial charge in [-0.2, -0.15) is 0 Å². The zero-order valence-corrected chi connectivity index (χ0v) is 82.6. The number of nitrogens with two attached hydrogens (primary N) is 3. The average Bonchev–Trinajstić information content (AvgIpc) is 0.831. The van der Waals surface area contributed by atoms with E-state index in [1.54, 1.807) is 146 Å². The quantitative estimate of drug-likeness (QED) is 0.00166. The van der Waals surface area contributed by atoms with Gasteiger partial charge in [-0.15, -0.1) is 10.1 Å². The number of carbonyl (C=O) groups excluding carboxylic acids is 2. The molecule has 0 atom stereocenters. The SMILES string of the molecule is CCOC(OCC)N(C)C.CO.COc1cncc(-c2ccnc(Nc3cc(N)ccc3C)n2)c1.COc1cncc(-c2ccnc(Nc3cc([N+](=O)[O-])ccc3C)n2)c1.COc1cncc(Br)c1.COc1cncc(C(=O)C=CN(C)C)c1.COc1cncc(C(C)=O)c1.Cc1ccc([N+](=O)[O-])cc1N=C(N)N.O=[N+]([O-])O.[CH+]=[C](OCC)[Sn]([CH2]CCC)([CH2]CCC)[CH2]CCC. The summed E-state index contributed by atoms with van der Waals surface area (Å²) in [4.78, 5) is 96.0. The third kappa shape index (κ3) is 47.0. The number of benzene rings is 3. The number of nitrogen functional groups attached to an aromatic ring is 1. The number of nitrogens with zero attached hydrogens (tertiary/aromatic N) is 15. The monoisotopic (exact) mass is 1990 g/mol. The number of aliphatic hydroxyl groups is 1. The number of pyridine rings is 5. The van der Waals surface area contributed by atoms with E-state index in [1.165, 1.54) is 101 Å². The van der Waals surface area contributed by atoms with Crippen molar-refractivity contribution < 1.29 is 72.7 Å². The first-order chi connectivity index (χ1) is 62.5. The van der Waals surface area contributed by atoms with Gasteiger partial charge in [0, 0.05) is 152 Å². The van der Waals surface area contributed by atoms with Crippen LogP contribution in [0.2, 0.25) is 13.3 Å². The van der Waals surface area contributed by atoms with Crippen molar-refractivity contribution >= 4 is 97.9 Å². The molecule has 10 aromatic rings. The fourth-order valence-corrected chi connectivity index (χ4v) is 25.5. The first kappa shape index (κ1) is 116. The van der Waals surface area contributed by atoms with E-state index in [4.69, 9.17) is 82.1 Å². The van der Waals surface area contributed by atoms with Crippen molar-refractivity contribution in [3.8, 4) is 51.3 Å². The predicted octanol–water partition coefficient (Wildman–Crippen LogP) is 17.9. The normalized spacial score (nSPS) is 10.1. The summed E-state index contributed by atoms with van der Waals surface area (Å²) in [5.74, 6) is 3.90. The minimum absolute atomic E-state index is 0.00116. The number of aromatic nitrogens is 9. The number of nitro groups is 2. The summed E-state index contributed by atoms with van der Waals surface area (Å²) in [5, 5.41) is 48.3. The molecule has 7 aromatic heterocycles. The molecule has 10 rings (SSSR count). The zero-order valence-electron chi connectivity index (χ0n) is 78.2. The number of anilines is 5. The summed E-state index contributed by atoms with van der Waals surface area (Å²) in [6, 6.07) is 27.0. The Morgan fingerprint density at radius 3 is 1.34 bits per heavy atom. The zero-order chi connectivity index (χ0) is 98.4. The minimum atomic E-state index is -2.35. The first-order valence-electron chi connectivity index (χ1n) is 41.1. The third-order valence-corrected chi connectivity index (χ3v) is 32.6. The van der Waals surface area contributed by atoms with Crippen molar-refractivity contribution in [2.45, 2.75) is 127 Å². The molecule has 10 N–H and O–H groups in total. The number of carbonyl (C=O) groups is 2. The number of aliphatic imine (C=N–C) groups is 1. The van der Waals surface area contributed by atoms with E-state index in [1.807, 2.05) is 103 Å². The van der Waals surface area contributed by atoms with E-state index in [-0.39, 0.29) is 35.3 Å². The number of unbranched alkanes of at least 4 members (excludes halogenated alkanes) is 3. The van der Waals surface area contributed by atoms with Crippen molar-refractivity contribution in [2.24, 2.45) is 16.5 Å². The molecule has 0 spiro atoms. The van der Waals surface area contributed by atoms with Gasteiger partial charge in [-0.1, -0.05) is 18.2 Å². The van der Waals surface area contributed by atoms with Crippen LogP contribution in [0.1, 0.15) is 124 Å². The number of halogens is 1. The van der Waals surface area contributed by atoms with E-state index in [9.17, 15) is 29.8 Å². The summed E-state index contributed by atoms with van der Waals surface area (Å²) < 4.78 is 47.6. The maximum atomic E-state index is 11.6. The second kappa shape index (κ2) is 66.1. The number of ether oxygens (including phenoxy) is 8. The number of nitrogens with one attached hydrogen (secondary N) is 2. The summed E-state index contributed by atoms with van der Waals surface area (Å²) in [6.07, 6.45) is 30.4. The number of aliphatic hydroxyl groups excluding tert-OH is 1. The molecular weight excluding hydrogens is 1860 g/mol. The molecular formula is C91H126BrN20O18Sn+. The van der Waals surface area contributed by atoms with Gasteiger partial charge < -0.3 is 76.2 Å². The van der Waals surface area contributed by atoms with Crippen LogP contribution in [0.5, 0.6) is 28.7 Å². The molecule has 708 valence electrons. The molecule has 7 heterocycles. The van der Waals surface area contributed by atoms with Crippen LogP contribution >= 0.6 is 15.9 Å². The fraction of sp³-hybridized carbons (Fsp3) is 0.363. The van der Waals surface area contributed by atoms with Crippen LogP contribution in [-0.4, -0.2) is 213 Å². The fourth-order valence-electron chi connectivity index (χ4n) is 10.8. The van der Waals surface area contributed by atoms with Crippen LogP contribution in [0, 0.1) is 57.7 Å². The predicted molar refractivity (Wildman–Crippen MR) is 516 cm³/mol. The van der Waals surface area contributed by atoms with Crippen molar-refractivity contribution in [1.29, 1.82) is 0 Å². The Hall–Kier alpha value is -13.3. The number of non-ortho nitro benzene ring substituents is 2. The van der Waals surface area contributed by atoms with E-state index < -0.39 is 33.3 Å². The summed E-state index contributed by atoms with van der Waals surface area (Å²) in [6.45, 7) is 28.4. The van der Waals surface area contributed by atoms with Gasteiger partial charge in [-0.05, 0) is 143 Å². The first-order valence-corrected chi connectivity index (χ1v) is 49.4. The molecule has 0 fully saturated rings. The van der Waals surface area contributed by atoms with Crippen molar-refractivity contribution in [3.05, 3.63) is 257 Å². The molecule has 0 saturated carbocycles. The van der Waals surface area contributed by atoms with Gasteiger partial charge in [-0.25, -0.2) is 24.9 Å². The molecule has 0 radical (unpaired) electrons. The van der Waals surface area contributed by atoms with Crippen LogP contribution in [0.4, 0.5) is 46.0 Å². The number of aryl methyl sites for hydroxylation is 3. The number of hydrogen-bond donors (Lipinski definition) is 7. The molecule has 3 aromatic carbocycles. The molecule has 40 heteroatoms. The second-order valence-electron chi connectivity index (χ2n) is 27.9. The molecule has 131 heavy (non-hydrogen) atoms. The van der Waals surface area contributed by atoms with Gasteiger partial charge in [0.2, 0.25) is 18.3 Å². The number of guanidine groups is 1. The Morgan fingerprint density at radius 1 is 0.557 bits per heavy atom. The molecule has 0 saturated heterocycles. The van der Waals surface area contributed by atoms with Crippen molar-refractivity contribution in [2.75, 3.05) is 107 Å². The van der Waals surface area contributed by atoms with Gasteiger partial charge in [0.1, 0.15) is 28.7 Å². The Bertz CT molecular complexity index is 5110. The van der Waals surface area contributed by atoms with Gasteiger partial charge in [-0.3, -0.25) is 59.6 Å². The van der Waals surface area contributed by atoms with E-state index >= 15 is 0 Å². The van der Waals surface area contributed by atoms with Gasteiger partial charge in [0.05, 0.1) is 99.1 Å². The van der Waals surface area contributed by atoms with E-state index in [0.29, 0.717) is 82.0 Å². The number of allylic oxidation sites excluding steroid dienone is 1. The maximum absolute atomic E-state index is 11.6.